The lowest BCUT2D eigenvalue weighted by atomic mass is 10.1. The fraction of sp³-hybridized carbons (Fsp3) is 0.296. The first-order chi connectivity index (χ1) is 15.7. The van der Waals surface area contributed by atoms with Gasteiger partial charge in [0.25, 0.3) is 0 Å². The molecule has 4 rings (SSSR count). The van der Waals surface area contributed by atoms with E-state index in [9.17, 15) is 0 Å². The first kappa shape index (κ1) is 21.9. The Hall–Kier alpha value is -3.33. The first-order valence-electron chi connectivity index (χ1n) is 11.3. The van der Waals surface area contributed by atoms with Gasteiger partial charge in [0, 0.05) is 28.9 Å². The average molecular weight is 426 g/mol. The van der Waals surface area contributed by atoms with Gasteiger partial charge in [-0.3, -0.25) is 0 Å². The van der Waals surface area contributed by atoms with Crippen molar-refractivity contribution in [2.24, 2.45) is 0 Å². The van der Waals surface area contributed by atoms with Crippen LogP contribution in [-0.2, 0) is 6.54 Å². The van der Waals surface area contributed by atoms with E-state index in [0.717, 1.165) is 66.0 Å². The quantitative estimate of drug-likeness (QED) is 0.170. The molecule has 4 N–H and O–H groups in total. The molecule has 0 aliphatic rings. The maximum Gasteiger partial charge on any atom is 0.124 e. The maximum absolute atomic E-state index is 4.71. The molecule has 1 atom stereocenters. The van der Waals surface area contributed by atoms with Crippen molar-refractivity contribution in [2.75, 3.05) is 13.1 Å². The maximum atomic E-state index is 4.71. The van der Waals surface area contributed by atoms with Crippen LogP contribution in [0.3, 0.4) is 0 Å². The van der Waals surface area contributed by atoms with Crippen molar-refractivity contribution in [2.45, 2.75) is 39.3 Å². The topological polar surface area (TPSA) is 68.5 Å². The number of hydrogen-bond acceptors (Lipinski definition) is 3. The van der Waals surface area contributed by atoms with Crippen molar-refractivity contribution in [1.82, 2.24) is 25.6 Å². The molecular weight excluding hydrogens is 394 g/mol. The van der Waals surface area contributed by atoms with Gasteiger partial charge in [-0.2, -0.15) is 0 Å². The van der Waals surface area contributed by atoms with Gasteiger partial charge in [-0.1, -0.05) is 30.9 Å². The molecular formula is C27H31N5. The smallest absolute Gasteiger partial charge is 0.124 e. The Morgan fingerprint density at radius 3 is 2.59 bits per heavy atom. The highest BCUT2D eigenvalue weighted by atomic mass is 15.0. The van der Waals surface area contributed by atoms with Gasteiger partial charge in [0.1, 0.15) is 5.82 Å². The molecule has 4 aromatic rings. The largest absolute Gasteiger partial charge is 0.357 e. The molecule has 1 unspecified atom stereocenters. The number of imidazole rings is 1. The monoisotopic (exact) mass is 425 g/mol. The van der Waals surface area contributed by atoms with E-state index in [-0.39, 0.29) is 6.04 Å². The number of H-pyrrole nitrogens is 2. The zero-order valence-corrected chi connectivity index (χ0v) is 18.9. The highest BCUT2D eigenvalue weighted by Crippen LogP contribution is 2.19. The summed E-state index contributed by atoms with van der Waals surface area (Å²) in [6, 6.07) is 14.8. The summed E-state index contributed by atoms with van der Waals surface area (Å²) in [6.45, 7) is 10.8. The molecule has 5 nitrogen and oxygen atoms in total. The van der Waals surface area contributed by atoms with Crippen LogP contribution in [0.15, 0.2) is 55.1 Å². The Kier molecular flexibility index (Phi) is 7.06. The van der Waals surface area contributed by atoms with Gasteiger partial charge in [-0.05, 0) is 74.6 Å². The average Bonchev–Trinajstić information content (AvgIpc) is 3.42. The molecule has 0 amide bonds. The minimum Gasteiger partial charge on any atom is -0.357 e. The number of fused-ring (bicyclic) bond motifs is 2. The summed E-state index contributed by atoms with van der Waals surface area (Å²) in [5.41, 5.74) is 6.24. The van der Waals surface area contributed by atoms with E-state index in [2.05, 4.69) is 83.2 Å². The SMILES string of the molecule is C=CCCNCc1cc2ccc(C#Cc3ccc4nc(C(C)NCCC)[nH]c4c3)cc2[nH]1. The van der Waals surface area contributed by atoms with Crippen molar-refractivity contribution in [1.29, 1.82) is 0 Å². The van der Waals surface area contributed by atoms with Crippen molar-refractivity contribution in [3.05, 3.63) is 77.8 Å². The zero-order valence-electron chi connectivity index (χ0n) is 18.9. The lowest BCUT2D eigenvalue weighted by molar-refractivity contribution is 0.550. The summed E-state index contributed by atoms with van der Waals surface area (Å²) in [7, 11) is 0. The summed E-state index contributed by atoms with van der Waals surface area (Å²) in [4.78, 5) is 11.6. The normalized spacial score (nSPS) is 12.1. The van der Waals surface area contributed by atoms with Crippen LogP contribution in [0.1, 0.15) is 55.4 Å². The summed E-state index contributed by atoms with van der Waals surface area (Å²) < 4.78 is 0. The predicted molar refractivity (Wildman–Crippen MR) is 134 cm³/mol. The van der Waals surface area contributed by atoms with E-state index < -0.39 is 0 Å². The Morgan fingerprint density at radius 2 is 1.81 bits per heavy atom. The highest BCUT2D eigenvalue weighted by molar-refractivity contribution is 5.82. The van der Waals surface area contributed by atoms with E-state index in [0.29, 0.717) is 0 Å². The summed E-state index contributed by atoms with van der Waals surface area (Å²) >= 11 is 0. The molecule has 2 aromatic carbocycles. The van der Waals surface area contributed by atoms with Crippen molar-refractivity contribution >= 4 is 21.9 Å². The van der Waals surface area contributed by atoms with Gasteiger partial charge in [-0.25, -0.2) is 4.98 Å². The van der Waals surface area contributed by atoms with Crippen molar-refractivity contribution in [3.63, 3.8) is 0 Å². The van der Waals surface area contributed by atoms with Crippen LogP contribution in [0.2, 0.25) is 0 Å². The Labute approximate surface area is 189 Å². The fourth-order valence-electron chi connectivity index (χ4n) is 3.70. The van der Waals surface area contributed by atoms with Crippen LogP contribution in [0.25, 0.3) is 21.9 Å². The van der Waals surface area contributed by atoms with Crippen molar-refractivity contribution in [3.8, 4) is 11.8 Å². The summed E-state index contributed by atoms with van der Waals surface area (Å²) in [5, 5.41) is 8.09. The van der Waals surface area contributed by atoms with E-state index in [1.165, 1.54) is 11.1 Å². The second kappa shape index (κ2) is 10.3. The van der Waals surface area contributed by atoms with E-state index >= 15 is 0 Å². The lowest BCUT2D eigenvalue weighted by Gasteiger charge is -2.09. The third-order valence-electron chi connectivity index (χ3n) is 5.48. The van der Waals surface area contributed by atoms with E-state index in [1.54, 1.807) is 0 Å². The molecule has 0 radical (unpaired) electrons. The Bertz CT molecular complexity index is 1270. The molecule has 0 aliphatic heterocycles. The molecule has 32 heavy (non-hydrogen) atoms. The van der Waals surface area contributed by atoms with E-state index in [4.69, 9.17) is 4.98 Å². The lowest BCUT2D eigenvalue weighted by Crippen LogP contribution is -2.20. The number of rotatable bonds is 9. The zero-order chi connectivity index (χ0) is 22.3. The van der Waals surface area contributed by atoms with E-state index in [1.807, 2.05) is 18.2 Å². The Balaban J connectivity index is 1.48. The Morgan fingerprint density at radius 1 is 1.03 bits per heavy atom. The third-order valence-corrected chi connectivity index (χ3v) is 5.48. The van der Waals surface area contributed by atoms with Crippen LogP contribution in [0, 0.1) is 11.8 Å². The van der Waals surface area contributed by atoms with Gasteiger partial charge in [0.05, 0.1) is 17.1 Å². The number of aromatic nitrogens is 3. The molecule has 0 aliphatic carbocycles. The molecule has 0 bridgehead atoms. The molecule has 2 aromatic heterocycles. The molecule has 5 heteroatoms. The number of nitrogens with one attached hydrogen (secondary N) is 4. The molecule has 0 saturated heterocycles. The van der Waals surface area contributed by atoms with Crippen LogP contribution >= 0.6 is 0 Å². The minimum absolute atomic E-state index is 0.200. The molecule has 0 saturated carbocycles. The summed E-state index contributed by atoms with van der Waals surface area (Å²) in [6.07, 6.45) is 4.00. The van der Waals surface area contributed by atoms with Crippen LogP contribution in [-0.4, -0.2) is 28.0 Å². The van der Waals surface area contributed by atoms with Crippen LogP contribution in [0.4, 0.5) is 0 Å². The van der Waals surface area contributed by atoms with Gasteiger partial charge in [-0.15, -0.1) is 6.58 Å². The second-order valence-corrected chi connectivity index (χ2v) is 8.13. The molecule has 0 fully saturated rings. The number of nitrogens with zero attached hydrogens (tertiary/aromatic N) is 1. The van der Waals surface area contributed by atoms with Crippen LogP contribution < -0.4 is 10.6 Å². The standard InChI is InChI=1S/C27H31N5/c1-4-6-14-28-18-23-17-22-11-9-20(15-25(22)30-23)7-8-21-10-12-24-26(16-21)32-27(31-24)19(3)29-13-5-2/h4,9-12,15-17,19,28-30H,1,5-6,13-14,18H2,2-3H3,(H,31,32). The fourth-order valence-corrected chi connectivity index (χ4v) is 3.70. The van der Waals surface area contributed by atoms with Gasteiger partial charge in [0.2, 0.25) is 0 Å². The molecule has 0 spiro atoms. The number of hydrogen-bond donors (Lipinski definition) is 4. The van der Waals surface area contributed by atoms with Gasteiger partial charge >= 0.3 is 0 Å². The second-order valence-electron chi connectivity index (χ2n) is 8.13. The molecule has 164 valence electrons. The highest BCUT2D eigenvalue weighted by Gasteiger charge is 2.10. The van der Waals surface area contributed by atoms with Gasteiger partial charge < -0.3 is 20.6 Å². The predicted octanol–water partition coefficient (Wildman–Crippen LogP) is 5.17. The van der Waals surface area contributed by atoms with Crippen molar-refractivity contribution < 1.29 is 0 Å². The number of aromatic amines is 2. The minimum atomic E-state index is 0.200. The van der Waals surface area contributed by atoms with Crippen LogP contribution in [0.5, 0.6) is 0 Å². The first-order valence-corrected chi connectivity index (χ1v) is 11.3. The summed E-state index contributed by atoms with van der Waals surface area (Å²) in [5.74, 6) is 7.56. The molecule has 2 heterocycles. The number of benzene rings is 2. The van der Waals surface area contributed by atoms with Gasteiger partial charge in [0.15, 0.2) is 0 Å². The third kappa shape index (κ3) is 5.28.